The summed E-state index contributed by atoms with van der Waals surface area (Å²) in [5, 5.41) is 9.26. The number of nitrogen functional groups attached to an aromatic ring is 1. The molecular formula is C9H7N5O. The monoisotopic (exact) mass is 201 g/mol. The van der Waals surface area contributed by atoms with Crippen molar-refractivity contribution in [1.82, 2.24) is 19.9 Å². The molecule has 0 aromatic carbocycles. The molecule has 0 unspecified atom stereocenters. The Kier molecular flexibility index (Phi) is 1.37. The van der Waals surface area contributed by atoms with Gasteiger partial charge in [-0.25, -0.2) is 4.98 Å². The zero-order valence-corrected chi connectivity index (χ0v) is 7.60. The number of aromatic hydroxyl groups is 1. The number of fused-ring (bicyclic) bond motifs is 3. The molecule has 6 nitrogen and oxygen atoms in total. The van der Waals surface area contributed by atoms with E-state index in [1.54, 1.807) is 18.3 Å². The van der Waals surface area contributed by atoms with Gasteiger partial charge in [0.25, 0.3) is 6.01 Å². The van der Waals surface area contributed by atoms with Crippen molar-refractivity contribution in [2.24, 2.45) is 0 Å². The van der Waals surface area contributed by atoms with Crippen molar-refractivity contribution >= 4 is 27.9 Å². The minimum absolute atomic E-state index is 0.184. The second-order valence-electron chi connectivity index (χ2n) is 3.15. The predicted molar refractivity (Wildman–Crippen MR) is 55.3 cm³/mol. The lowest BCUT2D eigenvalue weighted by molar-refractivity contribution is 0.438. The molecule has 3 heterocycles. The maximum Gasteiger partial charge on any atom is 0.292 e. The Balaban J connectivity index is 2.63. The van der Waals surface area contributed by atoms with Crippen LogP contribution in [0.25, 0.3) is 22.1 Å². The lowest BCUT2D eigenvalue weighted by Gasteiger charge is -1.98. The van der Waals surface area contributed by atoms with Gasteiger partial charge in [0.05, 0.1) is 5.52 Å². The largest absolute Gasteiger partial charge is 0.480 e. The van der Waals surface area contributed by atoms with E-state index in [1.807, 2.05) is 0 Å². The molecule has 0 atom stereocenters. The van der Waals surface area contributed by atoms with E-state index in [-0.39, 0.29) is 11.8 Å². The van der Waals surface area contributed by atoms with Crippen LogP contribution in [0.4, 0.5) is 5.82 Å². The van der Waals surface area contributed by atoms with Gasteiger partial charge in [-0.1, -0.05) is 0 Å². The van der Waals surface area contributed by atoms with Crippen molar-refractivity contribution in [3.63, 3.8) is 0 Å². The van der Waals surface area contributed by atoms with E-state index >= 15 is 0 Å². The molecule has 0 spiro atoms. The first-order valence-corrected chi connectivity index (χ1v) is 4.34. The summed E-state index contributed by atoms with van der Waals surface area (Å²) >= 11 is 0. The second-order valence-corrected chi connectivity index (χ2v) is 3.15. The molecule has 15 heavy (non-hydrogen) atoms. The summed E-state index contributed by atoms with van der Waals surface area (Å²) in [6.07, 6.45) is 1.65. The molecule has 0 saturated carbocycles. The number of hydrogen-bond acceptors (Lipinski definition) is 5. The van der Waals surface area contributed by atoms with Crippen molar-refractivity contribution in [2.45, 2.75) is 0 Å². The van der Waals surface area contributed by atoms with E-state index in [4.69, 9.17) is 5.73 Å². The number of rotatable bonds is 0. The minimum atomic E-state index is -0.184. The average Bonchev–Trinajstić information content (AvgIpc) is 2.61. The lowest BCUT2D eigenvalue weighted by atomic mass is 10.3. The quantitative estimate of drug-likeness (QED) is 0.499. The third-order valence-electron chi connectivity index (χ3n) is 2.20. The molecule has 3 aromatic heterocycles. The van der Waals surface area contributed by atoms with Gasteiger partial charge in [0.1, 0.15) is 16.6 Å². The van der Waals surface area contributed by atoms with Crippen LogP contribution in [0, 0.1) is 0 Å². The second kappa shape index (κ2) is 2.57. The average molecular weight is 201 g/mol. The number of H-pyrrole nitrogens is 1. The highest BCUT2D eigenvalue weighted by Crippen LogP contribution is 2.25. The molecule has 6 heteroatoms. The first-order valence-electron chi connectivity index (χ1n) is 4.34. The summed E-state index contributed by atoms with van der Waals surface area (Å²) in [5.41, 5.74) is 8.07. The number of nitrogens with one attached hydrogen (secondary N) is 1. The Morgan fingerprint density at radius 2 is 2.13 bits per heavy atom. The van der Waals surface area contributed by atoms with Gasteiger partial charge < -0.3 is 15.8 Å². The minimum Gasteiger partial charge on any atom is -0.480 e. The number of nitrogens with two attached hydrogens (primary N) is 1. The number of hydrogen-bond donors (Lipinski definition) is 3. The highest BCUT2D eigenvalue weighted by atomic mass is 16.3. The van der Waals surface area contributed by atoms with Gasteiger partial charge in [0.15, 0.2) is 5.82 Å². The van der Waals surface area contributed by atoms with E-state index in [0.717, 1.165) is 0 Å². The van der Waals surface area contributed by atoms with Crippen LogP contribution in [-0.2, 0) is 0 Å². The van der Waals surface area contributed by atoms with Gasteiger partial charge in [-0.15, -0.1) is 0 Å². The molecule has 0 radical (unpaired) electrons. The fourth-order valence-electron chi connectivity index (χ4n) is 1.58. The number of pyridine rings is 2. The summed E-state index contributed by atoms with van der Waals surface area (Å²) in [6.45, 7) is 0. The molecule has 3 aromatic rings. The maximum atomic E-state index is 9.26. The Hall–Kier alpha value is -2.37. The number of aromatic nitrogens is 4. The van der Waals surface area contributed by atoms with Crippen molar-refractivity contribution in [2.75, 3.05) is 5.73 Å². The van der Waals surface area contributed by atoms with Gasteiger partial charge in [-0.2, -0.15) is 4.98 Å². The van der Waals surface area contributed by atoms with E-state index in [2.05, 4.69) is 19.9 Å². The molecule has 0 aliphatic carbocycles. The van der Waals surface area contributed by atoms with Crippen LogP contribution in [-0.4, -0.2) is 25.0 Å². The number of aromatic amines is 1. The molecule has 4 N–H and O–H groups in total. The van der Waals surface area contributed by atoms with Crippen LogP contribution >= 0.6 is 0 Å². The van der Waals surface area contributed by atoms with E-state index < -0.39 is 0 Å². The molecule has 74 valence electrons. The normalized spacial score (nSPS) is 11.2. The molecule has 0 amide bonds. The van der Waals surface area contributed by atoms with Crippen LogP contribution in [0.1, 0.15) is 0 Å². The topological polar surface area (TPSA) is 101 Å². The molecule has 0 aliphatic rings. The summed E-state index contributed by atoms with van der Waals surface area (Å²) in [4.78, 5) is 14.8. The van der Waals surface area contributed by atoms with Crippen molar-refractivity contribution in [1.29, 1.82) is 0 Å². The molecular weight excluding hydrogens is 194 g/mol. The van der Waals surface area contributed by atoms with Crippen LogP contribution in [0.3, 0.4) is 0 Å². The standard InChI is InChI=1S/C9H7N5O/c10-8-7-6(13-9(15)14-7)5-4(12-8)2-1-3-11-5/h1-3H,(H2,10,12)(H2,13,14,15). The summed E-state index contributed by atoms with van der Waals surface area (Å²) in [5.74, 6) is 0.280. The van der Waals surface area contributed by atoms with E-state index in [1.165, 1.54) is 0 Å². The zero-order valence-electron chi connectivity index (χ0n) is 7.60. The van der Waals surface area contributed by atoms with Crippen molar-refractivity contribution in [3.8, 4) is 6.01 Å². The third kappa shape index (κ3) is 1.01. The third-order valence-corrected chi connectivity index (χ3v) is 2.20. The van der Waals surface area contributed by atoms with Gasteiger partial charge in [0, 0.05) is 6.20 Å². The van der Waals surface area contributed by atoms with Crippen LogP contribution in [0.15, 0.2) is 18.3 Å². The fourth-order valence-corrected chi connectivity index (χ4v) is 1.58. The molecule has 0 bridgehead atoms. The van der Waals surface area contributed by atoms with E-state index in [9.17, 15) is 5.11 Å². The van der Waals surface area contributed by atoms with Gasteiger partial charge in [-0.3, -0.25) is 4.98 Å². The first kappa shape index (κ1) is 7.98. The Morgan fingerprint density at radius 3 is 3.00 bits per heavy atom. The first-order chi connectivity index (χ1) is 7.25. The highest BCUT2D eigenvalue weighted by Gasteiger charge is 2.11. The highest BCUT2D eigenvalue weighted by molar-refractivity contribution is 6.03. The van der Waals surface area contributed by atoms with Gasteiger partial charge in [-0.05, 0) is 12.1 Å². The zero-order chi connectivity index (χ0) is 10.4. The summed E-state index contributed by atoms with van der Waals surface area (Å²) in [6, 6.07) is 3.39. The molecule has 0 fully saturated rings. The van der Waals surface area contributed by atoms with Crippen LogP contribution < -0.4 is 5.73 Å². The predicted octanol–water partition coefficient (Wildman–Crippen LogP) is 0.794. The van der Waals surface area contributed by atoms with Crippen molar-refractivity contribution < 1.29 is 5.11 Å². The lowest BCUT2D eigenvalue weighted by Crippen LogP contribution is -1.93. The van der Waals surface area contributed by atoms with Gasteiger partial charge in [0.2, 0.25) is 0 Å². The van der Waals surface area contributed by atoms with E-state index in [0.29, 0.717) is 22.1 Å². The van der Waals surface area contributed by atoms with Crippen molar-refractivity contribution in [3.05, 3.63) is 18.3 Å². The molecule has 0 saturated heterocycles. The maximum absolute atomic E-state index is 9.26. The Labute approximate surface area is 83.8 Å². The van der Waals surface area contributed by atoms with Crippen LogP contribution in [0.2, 0.25) is 0 Å². The molecule has 0 aliphatic heterocycles. The fraction of sp³-hybridized carbons (Fsp3) is 0. The summed E-state index contributed by atoms with van der Waals surface area (Å²) < 4.78 is 0. The number of imidazole rings is 1. The smallest absolute Gasteiger partial charge is 0.292 e. The Morgan fingerprint density at radius 1 is 1.27 bits per heavy atom. The number of anilines is 1. The van der Waals surface area contributed by atoms with Crippen LogP contribution in [0.5, 0.6) is 6.01 Å². The SMILES string of the molecule is Nc1nc2cccnc2c2[nH]c(O)nc12. The summed E-state index contributed by atoms with van der Waals surface area (Å²) in [7, 11) is 0. The number of nitrogens with zero attached hydrogens (tertiary/aromatic N) is 3. The van der Waals surface area contributed by atoms with Gasteiger partial charge >= 0.3 is 0 Å². The molecule has 3 rings (SSSR count). The Bertz CT molecular complexity index is 660.